The van der Waals surface area contributed by atoms with Crippen LogP contribution in [-0.2, 0) is 12.6 Å². The summed E-state index contributed by atoms with van der Waals surface area (Å²) in [6.07, 6.45) is -1.64. The van der Waals surface area contributed by atoms with Gasteiger partial charge in [-0.3, -0.25) is 0 Å². The molecule has 2 rings (SSSR count). The predicted octanol–water partition coefficient (Wildman–Crippen LogP) is 4.42. The third-order valence-corrected chi connectivity index (χ3v) is 3.28. The molecule has 4 nitrogen and oxygen atoms in total. The first-order valence-electron chi connectivity index (χ1n) is 6.67. The minimum absolute atomic E-state index is 0. The van der Waals surface area contributed by atoms with Gasteiger partial charge in [0.1, 0.15) is 5.69 Å². The minimum Gasteiger partial charge on any atom is -0.476 e. The lowest BCUT2D eigenvalue weighted by atomic mass is 10.1. The summed E-state index contributed by atoms with van der Waals surface area (Å²) in [4.78, 5) is 11.2. The molecule has 0 fully saturated rings. The predicted molar refractivity (Wildman–Crippen MR) is 77.1 cm³/mol. The molecule has 0 radical (unpaired) electrons. The van der Waals surface area contributed by atoms with Crippen LogP contribution < -0.4 is 0 Å². The number of carboxylic acids is 1. The molecule has 1 N–H and O–H groups in total. The van der Waals surface area contributed by atoms with Crippen LogP contribution in [0.15, 0.2) is 18.2 Å². The van der Waals surface area contributed by atoms with Crippen LogP contribution in [0.25, 0.3) is 5.52 Å². The van der Waals surface area contributed by atoms with E-state index in [4.69, 9.17) is 5.11 Å². The molecule has 0 spiro atoms. The van der Waals surface area contributed by atoms with Gasteiger partial charge in [-0.2, -0.15) is 18.3 Å². The molecule has 2 aromatic heterocycles. The topological polar surface area (TPSA) is 54.6 Å². The molecule has 0 aliphatic carbocycles. The number of unbranched alkanes of at least 4 members (excludes halogenated alkanes) is 2. The van der Waals surface area contributed by atoms with Crippen LogP contribution in [0.1, 0.15) is 55.4 Å². The maximum atomic E-state index is 13.0. The highest BCUT2D eigenvalue weighted by molar-refractivity contribution is 5.90. The average molecular weight is 316 g/mol. The molecule has 0 aromatic carbocycles. The van der Waals surface area contributed by atoms with E-state index < -0.39 is 17.8 Å². The Labute approximate surface area is 126 Å². The maximum Gasteiger partial charge on any atom is 0.433 e. The van der Waals surface area contributed by atoms with Gasteiger partial charge in [-0.05, 0) is 25.0 Å². The van der Waals surface area contributed by atoms with Crippen LogP contribution in [0.2, 0.25) is 0 Å². The molecule has 0 atom stereocenters. The second-order valence-electron chi connectivity index (χ2n) is 4.80. The number of fused-ring (bicyclic) bond motifs is 1. The van der Waals surface area contributed by atoms with Crippen molar-refractivity contribution in [1.82, 2.24) is 9.61 Å². The first-order valence-corrected chi connectivity index (χ1v) is 6.67. The molecule has 2 heterocycles. The molecule has 0 amide bonds. The Kier molecular flexibility index (Phi) is 5.57. The number of alkyl halides is 3. The van der Waals surface area contributed by atoms with E-state index in [1.807, 2.05) is 6.92 Å². The summed E-state index contributed by atoms with van der Waals surface area (Å²) >= 11 is 0. The Morgan fingerprint density at radius 1 is 1.32 bits per heavy atom. The van der Waals surface area contributed by atoms with Gasteiger partial charge in [-0.15, -0.1) is 0 Å². The standard InChI is InChI=1S/C14H15F3N2O2.CH4/c1-2-3-4-6-9-10-7-5-8-11(14(15,16)17)19(10)18-12(9)13(20)21;/h5,7-8H,2-4,6H2,1H3,(H,20,21);1H4. The third-order valence-electron chi connectivity index (χ3n) is 3.28. The number of pyridine rings is 1. The summed E-state index contributed by atoms with van der Waals surface area (Å²) in [5.74, 6) is -1.31. The van der Waals surface area contributed by atoms with Crippen LogP contribution in [0.3, 0.4) is 0 Å². The highest BCUT2D eigenvalue weighted by atomic mass is 19.4. The number of aryl methyl sites for hydroxylation is 1. The van der Waals surface area contributed by atoms with Crippen molar-refractivity contribution in [1.29, 1.82) is 0 Å². The molecule has 7 heteroatoms. The van der Waals surface area contributed by atoms with Crippen LogP contribution in [0.5, 0.6) is 0 Å². The molecule has 0 aliphatic rings. The van der Waals surface area contributed by atoms with E-state index in [2.05, 4.69) is 5.10 Å². The highest BCUT2D eigenvalue weighted by Gasteiger charge is 2.35. The average Bonchev–Trinajstić information content (AvgIpc) is 2.77. The normalized spacial score (nSPS) is 11.5. The zero-order chi connectivity index (χ0) is 15.6. The number of aromatic nitrogens is 2. The van der Waals surface area contributed by atoms with Crippen LogP contribution in [0.4, 0.5) is 13.2 Å². The van der Waals surface area contributed by atoms with Gasteiger partial charge in [-0.1, -0.05) is 33.3 Å². The third kappa shape index (κ3) is 3.40. The summed E-state index contributed by atoms with van der Waals surface area (Å²) in [6, 6.07) is 3.63. The second kappa shape index (κ2) is 6.81. The minimum atomic E-state index is -4.58. The monoisotopic (exact) mass is 316 g/mol. The van der Waals surface area contributed by atoms with E-state index in [-0.39, 0.29) is 18.6 Å². The Hall–Kier alpha value is -2.05. The lowest BCUT2D eigenvalue weighted by Crippen LogP contribution is -2.12. The zero-order valence-corrected chi connectivity index (χ0v) is 11.4. The van der Waals surface area contributed by atoms with Crippen molar-refractivity contribution < 1.29 is 23.1 Å². The van der Waals surface area contributed by atoms with Crippen molar-refractivity contribution in [3.63, 3.8) is 0 Å². The number of rotatable bonds is 5. The van der Waals surface area contributed by atoms with Crippen molar-refractivity contribution in [2.45, 2.75) is 46.2 Å². The summed E-state index contributed by atoms with van der Waals surface area (Å²) in [7, 11) is 0. The van der Waals surface area contributed by atoms with Gasteiger partial charge in [0.15, 0.2) is 5.69 Å². The highest BCUT2D eigenvalue weighted by Crippen LogP contribution is 2.31. The van der Waals surface area contributed by atoms with Gasteiger partial charge in [-0.25, -0.2) is 9.31 Å². The number of halogens is 3. The molecule has 0 saturated heterocycles. The SMILES string of the molecule is C.CCCCCc1c(C(=O)O)nn2c(C(F)(F)F)cccc12. The Morgan fingerprint density at radius 3 is 2.55 bits per heavy atom. The lowest BCUT2D eigenvalue weighted by Gasteiger charge is -2.08. The van der Waals surface area contributed by atoms with E-state index in [1.165, 1.54) is 12.1 Å². The first kappa shape index (κ1) is 18.0. The lowest BCUT2D eigenvalue weighted by molar-refractivity contribution is -0.142. The molecular weight excluding hydrogens is 297 g/mol. The molecule has 0 unspecified atom stereocenters. The quantitative estimate of drug-likeness (QED) is 0.831. The van der Waals surface area contributed by atoms with Crippen LogP contribution in [-0.4, -0.2) is 20.7 Å². The van der Waals surface area contributed by atoms with E-state index in [0.29, 0.717) is 22.9 Å². The van der Waals surface area contributed by atoms with E-state index in [1.54, 1.807) is 0 Å². The number of hydrogen-bond donors (Lipinski definition) is 1. The fraction of sp³-hybridized carbons (Fsp3) is 0.467. The molecule has 0 saturated carbocycles. The summed E-state index contributed by atoms with van der Waals surface area (Å²) in [5.41, 5.74) is -0.701. The molecular formula is C15H19F3N2O2. The van der Waals surface area contributed by atoms with Crippen LogP contribution >= 0.6 is 0 Å². The fourth-order valence-electron chi connectivity index (χ4n) is 2.30. The Morgan fingerprint density at radius 2 is 2.00 bits per heavy atom. The van der Waals surface area contributed by atoms with Crippen molar-refractivity contribution in [2.24, 2.45) is 0 Å². The van der Waals surface area contributed by atoms with E-state index >= 15 is 0 Å². The number of carbonyl (C=O) groups is 1. The first-order chi connectivity index (χ1) is 9.86. The number of nitrogens with zero attached hydrogens (tertiary/aromatic N) is 2. The number of hydrogen-bond acceptors (Lipinski definition) is 2. The molecule has 122 valence electrons. The van der Waals surface area contributed by atoms with E-state index in [0.717, 1.165) is 18.9 Å². The van der Waals surface area contributed by atoms with Crippen molar-refractivity contribution in [3.8, 4) is 0 Å². The number of aromatic carboxylic acids is 1. The van der Waals surface area contributed by atoms with E-state index in [9.17, 15) is 18.0 Å². The van der Waals surface area contributed by atoms with Crippen molar-refractivity contribution in [3.05, 3.63) is 35.2 Å². The summed E-state index contributed by atoms with van der Waals surface area (Å²) < 4.78 is 39.6. The molecule has 0 bridgehead atoms. The van der Waals surface area contributed by atoms with Gasteiger partial charge in [0.25, 0.3) is 0 Å². The molecule has 0 aliphatic heterocycles. The van der Waals surface area contributed by atoms with Gasteiger partial charge >= 0.3 is 12.1 Å². The van der Waals surface area contributed by atoms with Crippen LogP contribution in [0, 0.1) is 0 Å². The molecule has 22 heavy (non-hydrogen) atoms. The Bertz CT molecular complexity index is 663. The smallest absolute Gasteiger partial charge is 0.433 e. The maximum absolute atomic E-state index is 13.0. The summed E-state index contributed by atoms with van der Waals surface area (Å²) in [5, 5.41) is 12.8. The largest absolute Gasteiger partial charge is 0.476 e. The van der Waals surface area contributed by atoms with Gasteiger partial charge in [0, 0.05) is 5.56 Å². The van der Waals surface area contributed by atoms with Crippen molar-refractivity contribution >= 4 is 11.5 Å². The fourth-order valence-corrected chi connectivity index (χ4v) is 2.30. The van der Waals surface area contributed by atoms with Crippen molar-refractivity contribution in [2.75, 3.05) is 0 Å². The van der Waals surface area contributed by atoms with Gasteiger partial charge < -0.3 is 5.11 Å². The summed E-state index contributed by atoms with van der Waals surface area (Å²) in [6.45, 7) is 2.00. The molecule has 2 aromatic rings. The zero-order valence-electron chi connectivity index (χ0n) is 11.4. The number of carboxylic acid groups (broad SMARTS) is 1. The van der Waals surface area contributed by atoms with Gasteiger partial charge in [0.2, 0.25) is 0 Å². The Balaban J connectivity index is 0.00000242. The van der Waals surface area contributed by atoms with Gasteiger partial charge in [0.05, 0.1) is 5.52 Å². The second-order valence-corrected chi connectivity index (χ2v) is 4.80.